The zero-order valence-electron chi connectivity index (χ0n) is 10.3. The Morgan fingerprint density at radius 2 is 2.06 bits per heavy atom. The molecule has 1 aliphatic heterocycles. The van der Waals surface area contributed by atoms with Gasteiger partial charge in [-0.3, -0.25) is 0 Å². The summed E-state index contributed by atoms with van der Waals surface area (Å²) in [6.07, 6.45) is -1.81. The van der Waals surface area contributed by atoms with E-state index in [1.54, 1.807) is 0 Å². The first kappa shape index (κ1) is 13.3. The molecule has 0 bridgehead atoms. The summed E-state index contributed by atoms with van der Waals surface area (Å²) < 4.78 is 38.9. The van der Waals surface area contributed by atoms with E-state index in [0.717, 1.165) is 12.8 Å². The van der Waals surface area contributed by atoms with E-state index in [0.29, 0.717) is 37.4 Å². The summed E-state index contributed by atoms with van der Waals surface area (Å²) in [5.74, 6) is 0.312. The molecule has 0 saturated heterocycles. The van der Waals surface area contributed by atoms with Gasteiger partial charge >= 0.3 is 6.18 Å². The third-order valence-electron chi connectivity index (χ3n) is 3.01. The van der Waals surface area contributed by atoms with Crippen molar-refractivity contribution in [2.45, 2.75) is 45.3 Å². The smallest absolute Gasteiger partial charge is 0.311 e. The summed E-state index contributed by atoms with van der Waals surface area (Å²) in [6.45, 7) is 2.94. The molecule has 2 heterocycles. The average molecular weight is 259 g/mol. The zero-order chi connectivity index (χ0) is 13.2. The van der Waals surface area contributed by atoms with Crippen LogP contribution in [0, 0.1) is 0 Å². The second kappa shape index (κ2) is 5.22. The first-order valence-electron chi connectivity index (χ1n) is 6.19. The van der Waals surface area contributed by atoms with Crippen LogP contribution in [0.1, 0.15) is 42.5 Å². The Bertz CT molecular complexity index is 429. The quantitative estimate of drug-likeness (QED) is 0.906. The minimum absolute atomic E-state index is 0.265. The summed E-state index contributed by atoms with van der Waals surface area (Å²) in [4.78, 5) is 7.98. The highest BCUT2D eigenvalue weighted by atomic mass is 19.4. The molecule has 3 nitrogen and oxygen atoms in total. The van der Waals surface area contributed by atoms with E-state index in [2.05, 4.69) is 15.3 Å². The number of nitrogens with one attached hydrogen (secondary N) is 1. The van der Waals surface area contributed by atoms with Crippen molar-refractivity contribution in [2.75, 3.05) is 6.54 Å². The molecule has 6 heteroatoms. The number of fused-ring (bicyclic) bond motifs is 1. The van der Waals surface area contributed by atoms with Gasteiger partial charge in [-0.15, -0.1) is 0 Å². The van der Waals surface area contributed by atoms with E-state index >= 15 is 0 Å². The molecule has 2 rings (SSSR count). The first-order valence-corrected chi connectivity index (χ1v) is 6.19. The molecule has 1 aromatic rings. The molecule has 0 amide bonds. The number of aromatic nitrogens is 2. The number of hydrogen-bond donors (Lipinski definition) is 1. The normalized spacial score (nSPS) is 15.6. The Labute approximate surface area is 104 Å². The number of rotatable bonds is 3. The van der Waals surface area contributed by atoms with Crippen LogP contribution in [0.5, 0.6) is 0 Å². The van der Waals surface area contributed by atoms with Crippen LogP contribution < -0.4 is 5.32 Å². The van der Waals surface area contributed by atoms with Gasteiger partial charge in [-0.05, 0) is 19.4 Å². The number of unbranched alkanes of at least 4 members (excludes halogenated alkanes) is 1. The number of hydrogen-bond acceptors (Lipinski definition) is 3. The minimum atomic E-state index is -4.38. The van der Waals surface area contributed by atoms with Gasteiger partial charge < -0.3 is 5.32 Å². The van der Waals surface area contributed by atoms with Crippen LogP contribution in [0.3, 0.4) is 0 Å². The standard InChI is InChI=1S/C12H16F3N3/c1-2-3-4-10-17-9-7-16-6-5-8(9)11(18-10)12(13,14)15/h16H,2-7H2,1H3. The van der Waals surface area contributed by atoms with Crippen molar-refractivity contribution in [2.24, 2.45) is 0 Å². The molecule has 18 heavy (non-hydrogen) atoms. The molecular weight excluding hydrogens is 243 g/mol. The van der Waals surface area contributed by atoms with Crippen LogP contribution in [0.4, 0.5) is 13.2 Å². The van der Waals surface area contributed by atoms with E-state index in [-0.39, 0.29) is 5.56 Å². The molecule has 1 N–H and O–H groups in total. The molecule has 0 saturated carbocycles. The number of nitrogens with zero attached hydrogens (tertiary/aromatic N) is 2. The molecule has 0 atom stereocenters. The maximum Gasteiger partial charge on any atom is 0.433 e. The molecule has 0 aromatic carbocycles. The molecule has 0 spiro atoms. The average Bonchev–Trinajstić information content (AvgIpc) is 2.34. The summed E-state index contributed by atoms with van der Waals surface area (Å²) >= 11 is 0. The third kappa shape index (κ3) is 2.80. The van der Waals surface area contributed by atoms with E-state index in [4.69, 9.17) is 0 Å². The summed E-state index contributed by atoms with van der Waals surface area (Å²) in [6, 6.07) is 0. The van der Waals surface area contributed by atoms with Crippen LogP contribution in [-0.2, 0) is 25.6 Å². The number of alkyl halides is 3. The monoisotopic (exact) mass is 259 g/mol. The molecule has 1 aromatic heterocycles. The first-order chi connectivity index (χ1) is 8.52. The minimum Gasteiger partial charge on any atom is -0.311 e. The summed E-state index contributed by atoms with van der Waals surface area (Å²) in [5, 5.41) is 3.05. The van der Waals surface area contributed by atoms with Gasteiger partial charge in [-0.1, -0.05) is 13.3 Å². The summed E-state index contributed by atoms with van der Waals surface area (Å²) in [7, 11) is 0. The molecule has 1 aliphatic rings. The maximum absolute atomic E-state index is 13.0. The van der Waals surface area contributed by atoms with Gasteiger partial charge in [0.15, 0.2) is 5.69 Å². The van der Waals surface area contributed by atoms with Gasteiger partial charge in [0, 0.05) is 18.5 Å². The van der Waals surface area contributed by atoms with Crippen molar-refractivity contribution in [3.8, 4) is 0 Å². The topological polar surface area (TPSA) is 37.8 Å². The highest BCUT2D eigenvalue weighted by Gasteiger charge is 2.37. The van der Waals surface area contributed by atoms with Crippen LogP contribution in [0.2, 0.25) is 0 Å². The van der Waals surface area contributed by atoms with Crippen molar-refractivity contribution >= 4 is 0 Å². The van der Waals surface area contributed by atoms with Crippen molar-refractivity contribution in [1.29, 1.82) is 0 Å². The molecule has 0 unspecified atom stereocenters. The molecular formula is C12H16F3N3. The van der Waals surface area contributed by atoms with Crippen LogP contribution in [0.25, 0.3) is 0 Å². The third-order valence-corrected chi connectivity index (χ3v) is 3.01. The maximum atomic E-state index is 13.0. The van der Waals surface area contributed by atoms with Crippen molar-refractivity contribution in [3.63, 3.8) is 0 Å². The Hall–Kier alpha value is -1.17. The Morgan fingerprint density at radius 1 is 1.28 bits per heavy atom. The van der Waals surface area contributed by atoms with Crippen molar-refractivity contribution < 1.29 is 13.2 Å². The van der Waals surface area contributed by atoms with E-state index < -0.39 is 11.9 Å². The second-order valence-electron chi connectivity index (χ2n) is 4.44. The summed E-state index contributed by atoms with van der Waals surface area (Å²) in [5.41, 5.74) is 0.0382. The fourth-order valence-corrected chi connectivity index (χ4v) is 2.09. The molecule has 0 fully saturated rings. The van der Waals surface area contributed by atoms with E-state index in [9.17, 15) is 13.2 Å². The fraction of sp³-hybridized carbons (Fsp3) is 0.667. The predicted molar refractivity (Wildman–Crippen MR) is 61.1 cm³/mol. The fourth-order valence-electron chi connectivity index (χ4n) is 2.09. The Kier molecular flexibility index (Phi) is 3.85. The number of halogens is 3. The lowest BCUT2D eigenvalue weighted by Crippen LogP contribution is -2.29. The lowest BCUT2D eigenvalue weighted by Gasteiger charge is -2.21. The molecule has 0 radical (unpaired) electrons. The predicted octanol–water partition coefficient (Wildman–Crippen LogP) is 2.48. The van der Waals surface area contributed by atoms with E-state index in [1.807, 2.05) is 6.92 Å². The van der Waals surface area contributed by atoms with Gasteiger partial charge in [0.1, 0.15) is 5.82 Å². The van der Waals surface area contributed by atoms with Crippen LogP contribution in [-0.4, -0.2) is 16.5 Å². The Morgan fingerprint density at radius 3 is 2.72 bits per heavy atom. The highest BCUT2D eigenvalue weighted by Crippen LogP contribution is 2.32. The highest BCUT2D eigenvalue weighted by molar-refractivity contribution is 5.30. The Balaban J connectivity index is 2.41. The second-order valence-corrected chi connectivity index (χ2v) is 4.44. The van der Waals surface area contributed by atoms with E-state index in [1.165, 1.54) is 0 Å². The van der Waals surface area contributed by atoms with Crippen LogP contribution in [0.15, 0.2) is 0 Å². The van der Waals surface area contributed by atoms with Gasteiger partial charge in [0.25, 0.3) is 0 Å². The molecule has 100 valence electrons. The van der Waals surface area contributed by atoms with Gasteiger partial charge in [0.05, 0.1) is 5.69 Å². The SMILES string of the molecule is CCCCc1nc2c(c(C(F)(F)F)n1)CCNC2. The van der Waals surface area contributed by atoms with Crippen molar-refractivity contribution in [3.05, 3.63) is 22.8 Å². The zero-order valence-corrected chi connectivity index (χ0v) is 10.3. The lowest BCUT2D eigenvalue weighted by atomic mass is 10.0. The largest absolute Gasteiger partial charge is 0.433 e. The lowest BCUT2D eigenvalue weighted by molar-refractivity contribution is -0.142. The van der Waals surface area contributed by atoms with Crippen molar-refractivity contribution in [1.82, 2.24) is 15.3 Å². The number of aryl methyl sites for hydroxylation is 1. The van der Waals surface area contributed by atoms with Gasteiger partial charge in [0.2, 0.25) is 0 Å². The van der Waals surface area contributed by atoms with Gasteiger partial charge in [-0.2, -0.15) is 13.2 Å². The van der Waals surface area contributed by atoms with Crippen LogP contribution >= 0.6 is 0 Å². The molecule has 0 aliphatic carbocycles. The van der Waals surface area contributed by atoms with Gasteiger partial charge in [-0.25, -0.2) is 9.97 Å².